The van der Waals surface area contributed by atoms with Crippen molar-refractivity contribution < 1.29 is 4.74 Å². The molecule has 0 unspecified atom stereocenters. The van der Waals surface area contributed by atoms with Crippen LogP contribution in [0.15, 0.2) is 18.9 Å². The van der Waals surface area contributed by atoms with Crippen LogP contribution in [0.25, 0.3) is 0 Å². The second-order valence-corrected chi connectivity index (χ2v) is 4.36. The molecule has 0 atom stereocenters. The Kier molecular flexibility index (Phi) is 4.17. The Morgan fingerprint density at radius 2 is 2.26 bits per heavy atom. The maximum absolute atomic E-state index is 5.96. The zero-order valence-corrected chi connectivity index (χ0v) is 11.1. The minimum atomic E-state index is 0.0232. The van der Waals surface area contributed by atoms with E-state index in [1.165, 1.54) is 6.33 Å². The summed E-state index contributed by atoms with van der Waals surface area (Å²) >= 11 is 0. The van der Waals surface area contributed by atoms with E-state index in [-0.39, 0.29) is 6.10 Å². The highest BCUT2D eigenvalue weighted by atomic mass is 16.5. The van der Waals surface area contributed by atoms with Crippen molar-refractivity contribution in [1.29, 1.82) is 0 Å². The van der Waals surface area contributed by atoms with E-state index < -0.39 is 0 Å². The molecular weight excluding hydrogens is 244 g/mol. The van der Waals surface area contributed by atoms with Crippen LogP contribution in [0.1, 0.15) is 19.5 Å². The number of nitrogens with zero attached hydrogens (tertiary/aromatic N) is 3. The van der Waals surface area contributed by atoms with Gasteiger partial charge in [0.1, 0.15) is 12.0 Å². The molecule has 0 aliphatic carbocycles. The molecule has 7 nitrogen and oxygen atoms in total. The lowest BCUT2D eigenvalue weighted by atomic mass is 10.3. The molecule has 0 aliphatic rings. The van der Waals surface area contributed by atoms with Crippen LogP contribution in [0.5, 0.6) is 5.88 Å². The minimum absolute atomic E-state index is 0.0232. The van der Waals surface area contributed by atoms with Crippen molar-refractivity contribution in [3.63, 3.8) is 0 Å². The Balaban J connectivity index is 1.96. The van der Waals surface area contributed by atoms with Crippen LogP contribution in [-0.2, 0) is 6.42 Å². The van der Waals surface area contributed by atoms with Gasteiger partial charge in [0.25, 0.3) is 0 Å². The molecule has 0 amide bonds. The number of anilines is 2. The van der Waals surface area contributed by atoms with Gasteiger partial charge >= 0.3 is 0 Å². The van der Waals surface area contributed by atoms with Crippen molar-refractivity contribution in [1.82, 2.24) is 19.9 Å². The minimum Gasteiger partial charge on any atom is -0.473 e. The maximum Gasteiger partial charge on any atom is 0.242 e. The molecule has 7 heteroatoms. The topological polar surface area (TPSA) is 102 Å². The molecule has 2 aromatic rings. The summed E-state index contributed by atoms with van der Waals surface area (Å²) in [6.07, 6.45) is 5.72. The molecule has 0 saturated carbocycles. The predicted octanol–water partition coefficient (Wildman–Crippen LogP) is 1.22. The summed E-state index contributed by atoms with van der Waals surface area (Å²) in [4.78, 5) is 15.1. The Labute approximate surface area is 111 Å². The van der Waals surface area contributed by atoms with Crippen molar-refractivity contribution in [3.05, 3.63) is 24.5 Å². The van der Waals surface area contributed by atoms with Gasteiger partial charge in [0, 0.05) is 24.9 Å². The molecule has 0 saturated heterocycles. The zero-order chi connectivity index (χ0) is 13.7. The van der Waals surface area contributed by atoms with Crippen LogP contribution in [-0.4, -0.2) is 32.6 Å². The predicted molar refractivity (Wildman–Crippen MR) is 73.0 cm³/mol. The fourth-order valence-corrected chi connectivity index (χ4v) is 1.57. The SMILES string of the molecule is CC(C)Oc1ncnc(NCCc2cnc[nH]2)c1N. The van der Waals surface area contributed by atoms with Crippen molar-refractivity contribution >= 4 is 11.5 Å². The first-order valence-electron chi connectivity index (χ1n) is 6.15. The molecule has 0 aromatic carbocycles. The van der Waals surface area contributed by atoms with E-state index in [1.54, 1.807) is 12.5 Å². The molecule has 2 aromatic heterocycles. The number of nitrogen functional groups attached to an aromatic ring is 1. The van der Waals surface area contributed by atoms with Gasteiger partial charge < -0.3 is 20.8 Å². The van der Waals surface area contributed by atoms with Crippen LogP contribution in [0.2, 0.25) is 0 Å². The summed E-state index contributed by atoms with van der Waals surface area (Å²) in [5, 5.41) is 3.16. The second kappa shape index (κ2) is 6.03. The lowest BCUT2D eigenvalue weighted by Gasteiger charge is -2.13. The maximum atomic E-state index is 5.96. The molecule has 102 valence electrons. The molecule has 0 fully saturated rings. The van der Waals surface area contributed by atoms with Crippen LogP contribution in [0.4, 0.5) is 11.5 Å². The van der Waals surface area contributed by atoms with Crippen LogP contribution in [0.3, 0.4) is 0 Å². The zero-order valence-electron chi connectivity index (χ0n) is 11.1. The summed E-state index contributed by atoms with van der Waals surface area (Å²) in [5.41, 5.74) is 7.44. The smallest absolute Gasteiger partial charge is 0.242 e. The third-order valence-corrected chi connectivity index (χ3v) is 2.44. The van der Waals surface area contributed by atoms with Gasteiger partial charge in [0.2, 0.25) is 5.88 Å². The number of ether oxygens (including phenoxy) is 1. The lowest BCUT2D eigenvalue weighted by molar-refractivity contribution is 0.234. The van der Waals surface area contributed by atoms with Gasteiger partial charge in [-0.1, -0.05) is 0 Å². The fraction of sp³-hybridized carbons (Fsp3) is 0.417. The summed E-state index contributed by atoms with van der Waals surface area (Å²) in [6, 6.07) is 0. The van der Waals surface area contributed by atoms with Gasteiger partial charge in [0.05, 0.1) is 12.4 Å². The number of imidazole rings is 1. The van der Waals surface area contributed by atoms with E-state index in [0.29, 0.717) is 23.9 Å². The third kappa shape index (κ3) is 3.57. The van der Waals surface area contributed by atoms with Gasteiger partial charge in [-0.05, 0) is 13.8 Å². The van der Waals surface area contributed by atoms with Crippen molar-refractivity contribution in [3.8, 4) is 5.88 Å². The number of H-pyrrole nitrogens is 1. The van der Waals surface area contributed by atoms with E-state index in [0.717, 1.165) is 12.1 Å². The first-order chi connectivity index (χ1) is 9.16. The van der Waals surface area contributed by atoms with Gasteiger partial charge in [-0.3, -0.25) is 0 Å². The number of hydrogen-bond donors (Lipinski definition) is 3. The van der Waals surface area contributed by atoms with Crippen molar-refractivity contribution in [2.24, 2.45) is 0 Å². The summed E-state index contributed by atoms with van der Waals surface area (Å²) in [7, 11) is 0. The average Bonchev–Trinajstić information content (AvgIpc) is 2.86. The second-order valence-electron chi connectivity index (χ2n) is 4.36. The molecular formula is C12H18N6O. The van der Waals surface area contributed by atoms with Gasteiger partial charge in [0.15, 0.2) is 5.82 Å². The van der Waals surface area contributed by atoms with E-state index in [4.69, 9.17) is 10.5 Å². The van der Waals surface area contributed by atoms with Gasteiger partial charge in [-0.25, -0.2) is 9.97 Å². The largest absolute Gasteiger partial charge is 0.473 e. The monoisotopic (exact) mass is 262 g/mol. The molecule has 2 rings (SSSR count). The number of nitrogens with one attached hydrogen (secondary N) is 2. The summed E-state index contributed by atoms with van der Waals surface area (Å²) < 4.78 is 5.51. The van der Waals surface area contributed by atoms with Crippen LogP contribution < -0.4 is 15.8 Å². The Bertz CT molecular complexity index is 511. The quantitative estimate of drug-likeness (QED) is 0.723. The number of nitrogens with two attached hydrogens (primary N) is 1. The number of aromatic amines is 1. The first kappa shape index (κ1) is 13.1. The van der Waals surface area contributed by atoms with Crippen molar-refractivity contribution in [2.75, 3.05) is 17.6 Å². The third-order valence-electron chi connectivity index (χ3n) is 2.44. The normalized spacial score (nSPS) is 10.7. The lowest BCUT2D eigenvalue weighted by Crippen LogP contribution is -2.13. The molecule has 2 heterocycles. The number of hydrogen-bond acceptors (Lipinski definition) is 6. The van der Waals surface area contributed by atoms with Crippen LogP contribution in [0, 0.1) is 0 Å². The highest BCUT2D eigenvalue weighted by molar-refractivity contribution is 5.66. The highest BCUT2D eigenvalue weighted by Gasteiger charge is 2.10. The van der Waals surface area contributed by atoms with E-state index in [9.17, 15) is 0 Å². The number of aromatic nitrogens is 4. The molecule has 0 spiro atoms. The van der Waals surface area contributed by atoms with Gasteiger partial charge in [-0.2, -0.15) is 4.98 Å². The summed E-state index contributed by atoms with van der Waals surface area (Å²) in [5.74, 6) is 0.999. The van der Waals surface area contributed by atoms with E-state index in [1.807, 2.05) is 13.8 Å². The standard InChI is InChI=1S/C12H18N6O/c1-8(2)19-12-10(13)11(17-7-18-12)15-4-3-9-5-14-6-16-9/h5-8H,3-4,13H2,1-2H3,(H,14,16)(H,15,17,18). The van der Waals surface area contributed by atoms with Crippen molar-refractivity contribution in [2.45, 2.75) is 26.4 Å². The molecule has 0 aliphatic heterocycles. The summed E-state index contributed by atoms with van der Waals surface area (Å²) in [6.45, 7) is 4.55. The highest BCUT2D eigenvalue weighted by Crippen LogP contribution is 2.25. The molecule has 0 radical (unpaired) electrons. The van der Waals surface area contributed by atoms with Gasteiger partial charge in [-0.15, -0.1) is 0 Å². The Morgan fingerprint density at radius 1 is 1.42 bits per heavy atom. The first-order valence-corrected chi connectivity index (χ1v) is 6.15. The number of rotatable bonds is 6. The fourth-order valence-electron chi connectivity index (χ4n) is 1.57. The Morgan fingerprint density at radius 3 is 2.95 bits per heavy atom. The Hall–Kier alpha value is -2.31. The molecule has 4 N–H and O–H groups in total. The molecule has 0 bridgehead atoms. The van der Waals surface area contributed by atoms with E-state index >= 15 is 0 Å². The van der Waals surface area contributed by atoms with E-state index in [2.05, 4.69) is 25.3 Å². The molecule has 19 heavy (non-hydrogen) atoms. The average molecular weight is 262 g/mol. The van der Waals surface area contributed by atoms with Crippen LogP contribution >= 0.6 is 0 Å².